The normalized spacial score (nSPS) is 16.2. The third-order valence-corrected chi connectivity index (χ3v) is 6.71. The summed E-state index contributed by atoms with van der Waals surface area (Å²) in [5, 5.41) is 2.99. The number of nitrogens with one attached hydrogen (secondary N) is 1. The molecule has 0 radical (unpaired) electrons. The maximum Gasteiger partial charge on any atom is 0.328 e. The van der Waals surface area contributed by atoms with Crippen LogP contribution in [0.3, 0.4) is 0 Å². The van der Waals surface area contributed by atoms with Gasteiger partial charge in [-0.2, -0.15) is 0 Å². The molecule has 1 atom stereocenters. The van der Waals surface area contributed by atoms with Crippen molar-refractivity contribution in [2.75, 3.05) is 13.1 Å². The van der Waals surface area contributed by atoms with Gasteiger partial charge in [-0.3, -0.25) is 18.7 Å². The van der Waals surface area contributed by atoms with Gasteiger partial charge in [-0.25, -0.2) is 4.79 Å². The SMILES string of the molecule is Cn1c(=O)n(C)c2cc(CCC(=O)N3CCCCC3CCNC(=O)c3ccccc3)ccc21. The van der Waals surface area contributed by atoms with E-state index in [1.165, 1.54) is 0 Å². The molecular weight excluding hydrogens is 416 g/mol. The van der Waals surface area contributed by atoms with Gasteiger partial charge in [0.1, 0.15) is 0 Å². The number of amides is 2. The number of carbonyl (C=O) groups is 2. The van der Waals surface area contributed by atoms with Crippen LogP contribution >= 0.6 is 0 Å². The standard InChI is InChI=1S/C26H32N4O3/c1-28-22-13-11-19(18-23(22)29(2)26(28)33)12-14-24(31)30-17-7-6-10-21(30)15-16-27-25(32)20-8-4-3-5-9-20/h3-5,8-9,11,13,18,21H,6-7,10,12,14-17H2,1-2H3,(H,27,32). The number of likely N-dealkylation sites (tertiary alicyclic amines) is 1. The summed E-state index contributed by atoms with van der Waals surface area (Å²) < 4.78 is 3.28. The van der Waals surface area contributed by atoms with Crippen molar-refractivity contribution in [2.45, 2.75) is 44.6 Å². The minimum Gasteiger partial charge on any atom is -0.352 e. The number of hydrogen-bond donors (Lipinski definition) is 1. The van der Waals surface area contributed by atoms with Crippen LogP contribution in [0.1, 0.15) is 48.0 Å². The average molecular weight is 449 g/mol. The zero-order valence-corrected chi connectivity index (χ0v) is 19.4. The molecule has 0 bridgehead atoms. The van der Waals surface area contributed by atoms with E-state index in [1.807, 2.05) is 41.3 Å². The second-order valence-electron chi connectivity index (χ2n) is 8.87. The van der Waals surface area contributed by atoms with Crippen molar-refractivity contribution in [3.8, 4) is 0 Å². The number of fused-ring (bicyclic) bond motifs is 1. The van der Waals surface area contributed by atoms with E-state index in [0.717, 1.165) is 48.8 Å². The Morgan fingerprint density at radius 2 is 1.76 bits per heavy atom. The Kier molecular flexibility index (Phi) is 6.96. The number of aromatic nitrogens is 2. The third-order valence-electron chi connectivity index (χ3n) is 6.71. The fourth-order valence-corrected chi connectivity index (χ4v) is 4.78. The van der Waals surface area contributed by atoms with Crippen molar-refractivity contribution in [1.29, 1.82) is 0 Å². The number of benzene rings is 2. The lowest BCUT2D eigenvalue weighted by atomic mass is 9.98. The third kappa shape index (κ3) is 5.02. The highest BCUT2D eigenvalue weighted by Gasteiger charge is 2.26. The van der Waals surface area contributed by atoms with Crippen molar-refractivity contribution in [2.24, 2.45) is 14.1 Å². The maximum atomic E-state index is 13.1. The lowest BCUT2D eigenvalue weighted by Gasteiger charge is -2.36. The number of hydrogen-bond acceptors (Lipinski definition) is 3. The van der Waals surface area contributed by atoms with E-state index < -0.39 is 0 Å². The van der Waals surface area contributed by atoms with Crippen LogP contribution in [-0.2, 0) is 25.3 Å². The lowest BCUT2D eigenvalue weighted by Crippen LogP contribution is -2.45. The molecule has 174 valence electrons. The van der Waals surface area contributed by atoms with Gasteiger partial charge in [0.2, 0.25) is 5.91 Å². The van der Waals surface area contributed by atoms with Crippen molar-refractivity contribution < 1.29 is 9.59 Å². The Hall–Kier alpha value is -3.35. The summed E-state index contributed by atoms with van der Waals surface area (Å²) in [7, 11) is 3.54. The van der Waals surface area contributed by atoms with Crippen LogP contribution in [0.15, 0.2) is 53.3 Å². The molecule has 1 aliphatic heterocycles. The Bertz CT molecular complexity index is 1200. The smallest absolute Gasteiger partial charge is 0.328 e. The number of nitrogens with zero attached hydrogens (tertiary/aromatic N) is 3. The second kappa shape index (κ2) is 10.1. The molecule has 4 rings (SSSR count). The highest BCUT2D eigenvalue weighted by Crippen LogP contribution is 2.22. The Balaban J connectivity index is 1.33. The predicted octanol–water partition coefficient (Wildman–Crippen LogP) is 3.01. The first-order chi connectivity index (χ1) is 16.0. The maximum absolute atomic E-state index is 13.1. The Morgan fingerprint density at radius 1 is 1.00 bits per heavy atom. The molecule has 1 unspecified atom stereocenters. The molecule has 7 nitrogen and oxygen atoms in total. The number of piperidine rings is 1. The molecule has 1 N–H and O–H groups in total. The second-order valence-corrected chi connectivity index (χ2v) is 8.87. The number of aryl methyl sites for hydroxylation is 3. The van der Waals surface area contributed by atoms with E-state index in [-0.39, 0.29) is 23.5 Å². The molecule has 3 aromatic rings. The Labute approximate surface area is 194 Å². The largest absolute Gasteiger partial charge is 0.352 e. The first kappa shape index (κ1) is 22.8. The van der Waals surface area contributed by atoms with E-state index in [9.17, 15) is 14.4 Å². The average Bonchev–Trinajstić information content (AvgIpc) is 3.06. The van der Waals surface area contributed by atoms with E-state index >= 15 is 0 Å². The van der Waals surface area contributed by atoms with Crippen molar-refractivity contribution in [3.63, 3.8) is 0 Å². The highest BCUT2D eigenvalue weighted by molar-refractivity contribution is 5.94. The van der Waals surface area contributed by atoms with Gasteiger partial charge in [0.15, 0.2) is 0 Å². The van der Waals surface area contributed by atoms with Gasteiger partial charge in [-0.15, -0.1) is 0 Å². The highest BCUT2D eigenvalue weighted by atomic mass is 16.2. The molecule has 0 spiro atoms. The molecule has 1 aliphatic rings. The zero-order valence-electron chi connectivity index (χ0n) is 19.4. The monoisotopic (exact) mass is 448 g/mol. The van der Waals surface area contributed by atoms with Gasteiger partial charge >= 0.3 is 5.69 Å². The van der Waals surface area contributed by atoms with Crippen molar-refractivity contribution >= 4 is 22.8 Å². The van der Waals surface area contributed by atoms with Crippen LogP contribution in [-0.4, -0.2) is 45.0 Å². The summed E-state index contributed by atoms with van der Waals surface area (Å²) in [4.78, 5) is 39.5. The molecule has 33 heavy (non-hydrogen) atoms. The molecule has 7 heteroatoms. The van der Waals surface area contributed by atoms with Crippen LogP contribution < -0.4 is 11.0 Å². The van der Waals surface area contributed by atoms with Gasteiger partial charge in [-0.1, -0.05) is 24.3 Å². The Morgan fingerprint density at radius 3 is 2.55 bits per heavy atom. The van der Waals surface area contributed by atoms with Crippen molar-refractivity contribution in [3.05, 3.63) is 70.1 Å². The van der Waals surface area contributed by atoms with E-state index in [1.54, 1.807) is 35.4 Å². The quantitative estimate of drug-likeness (QED) is 0.604. The van der Waals surface area contributed by atoms with Crippen molar-refractivity contribution in [1.82, 2.24) is 19.4 Å². The predicted molar refractivity (Wildman–Crippen MR) is 129 cm³/mol. The summed E-state index contributed by atoms with van der Waals surface area (Å²) in [5.41, 5.74) is 3.44. The number of rotatable bonds is 7. The summed E-state index contributed by atoms with van der Waals surface area (Å²) in [5.74, 6) is 0.0890. The summed E-state index contributed by atoms with van der Waals surface area (Å²) >= 11 is 0. The topological polar surface area (TPSA) is 76.3 Å². The van der Waals surface area contributed by atoms with E-state index in [2.05, 4.69) is 5.32 Å². The summed E-state index contributed by atoms with van der Waals surface area (Å²) in [6.07, 6.45) is 4.97. The van der Waals surface area contributed by atoms with E-state index in [4.69, 9.17) is 0 Å². The van der Waals surface area contributed by atoms with Gasteiger partial charge in [0, 0.05) is 45.2 Å². The number of imidazole rings is 1. The molecule has 2 aromatic carbocycles. The van der Waals surface area contributed by atoms with Gasteiger partial charge in [0.05, 0.1) is 11.0 Å². The van der Waals surface area contributed by atoms with Gasteiger partial charge < -0.3 is 10.2 Å². The van der Waals surface area contributed by atoms with Crippen LogP contribution in [0.5, 0.6) is 0 Å². The first-order valence-corrected chi connectivity index (χ1v) is 11.7. The number of carbonyl (C=O) groups excluding carboxylic acids is 2. The fraction of sp³-hybridized carbons (Fsp3) is 0.423. The minimum absolute atomic E-state index is 0.0475. The molecule has 1 saturated heterocycles. The van der Waals surface area contributed by atoms with Crippen LogP contribution in [0, 0.1) is 0 Å². The van der Waals surface area contributed by atoms with Gasteiger partial charge in [0.25, 0.3) is 5.91 Å². The summed E-state index contributed by atoms with van der Waals surface area (Å²) in [6.45, 7) is 1.34. The lowest BCUT2D eigenvalue weighted by molar-refractivity contribution is -0.134. The van der Waals surface area contributed by atoms with Crippen LogP contribution in [0.2, 0.25) is 0 Å². The van der Waals surface area contributed by atoms with Crippen LogP contribution in [0.25, 0.3) is 11.0 Å². The van der Waals surface area contributed by atoms with E-state index in [0.29, 0.717) is 24.9 Å². The molecule has 1 fully saturated rings. The van der Waals surface area contributed by atoms with Gasteiger partial charge in [-0.05, 0) is 61.9 Å². The molecule has 2 heterocycles. The van der Waals surface area contributed by atoms with Crippen LogP contribution in [0.4, 0.5) is 0 Å². The summed E-state index contributed by atoms with van der Waals surface area (Å²) in [6, 6.07) is 15.3. The molecule has 2 amide bonds. The zero-order chi connectivity index (χ0) is 23.4. The molecule has 0 saturated carbocycles. The molecular formula is C26H32N4O3. The fourth-order valence-electron chi connectivity index (χ4n) is 4.78. The molecule has 1 aromatic heterocycles. The minimum atomic E-state index is -0.0741. The molecule has 0 aliphatic carbocycles. The first-order valence-electron chi connectivity index (χ1n) is 11.7.